The summed E-state index contributed by atoms with van der Waals surface area (Å²) in [6, 6.07) is 14.0. The molecule has 0 saturated heterocycles. The molecule has 0 bridgehead atoms. The summed E-state index contributed by atoms with van der Waals surface area (Å²) in [4.78, 5) is 18.7. The van der Waals surface area contributed by atoms with E-state index in [-0.39, 0.29) is 11.8 Å². The van der Waals surface area contributed by atoms with Crippen LogP contribution in [-0.2, 0) is 19.4 Å². The molecule has 7 heteroatoms. The molecule has 144 valence electrons. The van der Waals surface area contributed by atoms with E-state index in [0.29, 0.717) is 37.6 Å². The smallest absolute Gasteiger partial charge is 0.318 e. The maximum Gasteiger partial charge on any atom is 0.318 e. The summed E-state index contributed by atoms with van der Waals surface area (Å²) in [7, 11) is 0. The minimum Gasteiger partial charge on any atom is -0.339 e. The largest absolute Gasteiger partial charge is 0.339 e. The highest BCUT2D eigenvalue weighted by Gasteiger charge is 2.24. The topological polar surface area (TPSA) is 71.3 Å². The molecule has 1 atom stereocenters. The van der Waals surface area contributed by atoms with Crippen LogP contribution in [0.3, 0.4) is 0 Å². The molecule has 1 aliphatic rings. The maximum atomic E-state index is 13.5. The molecule has 2 aromatic carbocycles. The standard InChI is InChI=1S/C21H21FN4O2/c1-14(20-24-19(28-25-20)11-15-5-3-2-4-6-15)23-21(27)26-10-9-16-7-8-18(22)12-17(16)13-26/h2-8,12,14H,9-11,13H2,1H3,(H,23,27). The molecule has 1 unspecified atom stereocenters. The summed E-state index contributed by atoms with van der Waals surface area (Å²) in [5.41, 5.74) is 3.01. The van der Waals surface area contributed by atoms with Crippen LogP contribution in [0.15, 0.2) is 53.1 Å². The monoisotopic (exact) mass is 380 g/mol. The first-order chi connectivity index (χ1) is 13.6. The number of aromatic nitrogens is 2. The fourth-order valence-electron chi connectivity index (χ4n) is 3.33. The van der Waals surface area contributed by atoms with Crippen molar-refractivity contribution in [3.8, 4) is 0 Å². The maximum absolute atomic E-state index is 13.5. The number of carbonyl (C=O) groups is 1. The Hall–Kier alpha value is -3.22. The molecule has 2 amide bonds. The molecular weight excluding hydrogens is 359 g/mol. The zero-order valence-electron chi connectivity index (χ0n) is 15.6. The van der Waals surface area contributed by atoms with Gasteiger partial charge in [-0.15, -0.1) is 0 Å². The average Bonchev–Trinajstić information content (AvgIpc) is 3.16. The van der Waals surface area contributed by atoms with Crippen molar-refractivity contribution in [1.29, 1.82) is 0 Å². The van der Waals surface area contributed by atoms with Crippen molar-refractivity contribution in [2.45, 2.75) is 32.4 Å². The van der Waals surface area contributed by atoms with Crippen molar-refractivity contribution in [2.75, 3.05) is 6.54 Å². The van der Waals surface area contributed by atoms with Crippen molar-refractivity contribution in [2.24, 2.45) is 0 Å². The third-order valence-electron chi connectivity index (χ3n) is 4.88. The lowest BCUT2D eigenvalue weighted by Crippen LogP contribution is -2.43. The number of nitrogens with one attached hydrogen (secondary N) is 1. The molecule has 3 aromatic rings. The van der Waals surface area contributed by atoms with Crippen LogP contribution in [0.2, 0.25) is 0 Å². The molecule has 1 aromatic heterocycles. The van der Waals surface area contributed by atoms with Gasteiger partial charge >= 0.3 is 6.03 Å². The highest BCUT2D eigenvalue weighted by atomic mass is 19.1. The number of hydrogen-bond donors (Lipinski definition) is 1. The zero-order chi connectivity index (χ0) is 19.5. The Bertz CT molecular complexity index is 974. The van der Waals surface area contributed by atoms with Crippen molar-refractivity contribution in [3.63, 3.8) is 0 Å². The summed E-state index contributed by atoms with van der Waals surface area (Å²) in [5.74, 6) is 0.652. The van der Waals surface area contributed by atoms with E-state index in [1.165, 1.54) is 12.1 Å². The molecule has 6 nitrogen and oxygen atoms in total. The Balaban J connectivity index is 1.37. The Morgan fingerprint density at radius 2 is 2.07 bits per heavy atom. The lowest BCUT2D eigenvalue weighted by molar-refractivity contribution is 0.188. The van der Waals surface area contributed by atoms with Crippen LogP contribution < -0.4 is 5.32 Å². The fourth-order valence-corrected chi connectivity index (χ4v) is 3.33. The Morgan fingerprint density at radius 1 is 1.25 bits per heavy atom. The highest BCUT2D eigenvalue weighted by Crippen LogP contribution is 2.20. The number of halogens is 1. The van der Waals surface area contributed by atoms with Crippen molar-refractivity contribution in [3.05, 3.63) is 82.8 Å². The van der Waals surface area contributed by atoms with E-state index < -0.39 is 6.04 Å². The van der Waals surface area contributed by atoms with Gasteiger partial charge in [-0.05, 0) is 42.2 Å². The summed E-state index contributed by atoms with van der Waals surface area (Å²) in [6.07, 6.45) is 1.25. The minimum atomic E-state index is -0.394. The van der Waals surface area contributed by atoms with Crippen LogP contribution in [0.25, 0.3) is 0 Å². The lowest BCUT2D eigenvalue weighted by atomic mass is 10.00. The van der Waals surface area contributed by atoms with Gasteiger partial charge in [0.2, 0.25) is 5.89 Å². The number of nitrogens with zero attached hydrogens (tertiary/aromatic N) is 3. The number of benzene rings is 2. The second-order valence-electron chi connectivity index (χ2n) is 6.96. The molecule has 0 aliphatic carbocycles. The van der Waals surface area contributed by atoms with E-state index in [4.69, 9.17) is 4.52 Å². The van der Waals surface area contributed by atoms with Crippen LogP contribution in [0.1, 0.15) is 41.4 Å². The van der Waals surface area contributed by atoms with Crippen LogP contribution in [0.4, 0.5) is 9.18 Å². The van der Waals surface area contributed by atoms with Gasteiger partial charge in [0.25, 0.3) is 0 Å². The fraction of sp³-hybridized carbons (Fsp3) is 0.286. The third kappa shape index (κ3) is 4.03. The van der Waals surface area contributed by atoms with E-state index in [1.807, 2.05) is 37.3 Å². The predicted octanol–water partition coefficient (Wildman–Crippen LogP) is 3.63. The summed E-state index contributed by atoms with van der Waals surface area (Å²) in [6.45, 7) is 2.78. The molecule has 0 radical (unpaired) electrons. The number of carbonyl (C=O) groups excluding carboxylic acids is 1. The van der Waals surface area contributed by atoms with Gasteiger partial charge in [-0.2, -0.15) is 4.98 Å². The van der Waals surface area contributed by atoms with Gasteiger partial charge in [-0.25, -0.2) is 9.18 Å². The number of amides is 2. The normalized spacial score (nSPS) is 14.4. The van der Waals surface area contributed by atoms with Crippen molar-refractivity contribution < 1.29 is 13.7 Å². The summed E-state index contributed by atoms with van der Waals surface area (Å²) < 4.78 is 18.8. The van der Waals surface area contributed by atoms with E-state index >= 15 is 0 Å². The molecule has 0 spiro atoms. The Labute approximate surface area is 162 Å². The molecule has 4 rings (SSSR count). The van der Waals surface area contributed by atoms with Crippen molar-refractivity contribution in [1.82, 2.24) is 20.4 Å². The average molecular weight is 380 g/mol. The van der Waals surface area contributed by atoms with Crippen molar-refractivity contribution >= 4 is 6.03 Å². The summed E-state index contributed by atoms with van der Waals surface area (Å²) in [5, 5.41) is 6.89. The molecule has 2 heterocycles. The Morgan fingerprint density at radius 3 is 2.89 bits per heavy atom. The van der Waals surface area contributed by atoms with Gasteiger partial charge in [0, 0.05) is 13.1 Å². The molecule has 1 N–H and O–H groups in total. The SMILES string of the molecule is CC(NC(=O)N1CCc2ccc(F)cc2C1)c1noc(Cc2ccccc2)n1. The first kappa shape index (κ1) is 18.2. The quantitative estimate of drug-likeness (QED) is 0.750. The molecule has 0 fully saturated rings. The zero-order valence-corrected chi connectivity index (χ0v) is 15.6. The molecule has 0 saturated carbocycles. The third-order valence-corrected chi connectivity index (χ3v) is 4.88. The van der Waals surface area contributed by atoms with Crippen LogP contribution >= 0.6 is 0 Å². The van der Waals surface area contributed by atoms with Gasteiger partial charge in [0.05, 0.1) is 12.5 Å². The van der Waals surface area contributed by atoms with Crippen LogP contribution in [-0.4, -0.2) is 27.6 Å². The molecule has 28 heavy (non-hydrogen) atoms. The number of urea groups is 1. The van der Waals surface area contributed by atoms with Gasteiger partial charge < -0.3 is 14.7 Å². The Kier molecular flexibility index (Phi) is 5.06. The van der Waals surface area contributed by atoms with Gasteiger partial charge in [0.15, 0.2) is 5.82 Å². The second-order valence-corrected chi connectivity index (χ2v) is 6.96. The van der Waals surface area contributed by atoms with Crippen LogP contribution in [0, 0.1) is 5.82 Å². The predicted molar refractivity (Wildman–Crippen MR) is 101 cm³/mol. The summed E-state index contributed by atoms with van der Waals surface area (Å²) >= 11 is 0. The first-order valence-corrected chi connectivity index (χ1v) is 9.27. The number of fused-ring (bicyclic) bond motifs is 1. The van der Waals surface area contributed by atoms with E-state index in [2.05, 4.69) is 15.5 Å². The van der Waals surface area contributed by atoms with E-state index in [9.17, 15) is 9.18 Å². The van der Waals surface area contributed by atoms with Gasteiger partial charge in [-0.3, -0.25) is 0 Å². The molecule has 1 aliphatic heterocycles. The van der Waals surface area contributed by atoms with Gasteiger partial charge in [0.1, 0.15) is 5.82 Å². The van der Waals surface area contributed by atoms with Crippen LogP contribution in [0.5, 0.6) is 0 Å². The second kappa shape index (κ2) is 7.80. The minimum absolute atomic E-state index is 0.225. The number of rotatable bonds is 4. The number of hydrogen-bond acceptors (Lipinski definition) is 4. The van der Waals surface area contributed by atoms with E-state index in [0.717, 1.165) is 16.7 Å². The van der Waals surface area contributed by atoms with Gasteiger partial charge in [-0.1, -0.05) is 41.6 Å². The lowest BCUT2D eigenvalue weighted by Gasteiger charge is -2.29. The molecular formula is C21H21FN4O2. The highest BCUT2D eigenvalue weighted by molar-refractivity contribution is 5.75. The van der Waals surface area contributed by atoms with E-state index in [1.54, 1.807) is 11.0 Å². The first-order valence-electron chi connectivity index (χ1n) is 9.27.